The zero-order chi connectivity index (χ0) is 30.2. The van der Waals surface area contributed by atoms with Gasteiger partial charge in [-0.05, 0) is 73.2 Å². The summed E-state index contributed by atoms with van der Waals surface area (Å²) in [6.07, 6.45) is 0.356. The van der Waals surface area contributed by atoms with E-state index in [1.165, 1.54) is 17.0 Å². The van der Waals surface area contributed by atoms with Gasteiger partial charge >= 0.3 is 0 Å². The SMILES string of the molecule is CC[C@H](C(=O)NCC(C)C)N(Cc1cccc(OC)c1)C(=O)CN(c1cc(C)ccc1C)S(=O)(=O)c1ccccc1. The highest BCUT2D eigenvalue weighted by molar-refractivity contribution is 7.92. The maximum absolute atomic E-state index is 14.2. The molecule has 0 fully saturated rings. The number of rotatable bonds is 13. The molecule has 0 aliphatic rings. The van der Waals surface area contributed by atoms with Crippen molar-refractivity contribution >= 4 is 27.5 Å². The lowest BCUT2D eigenvalue weighted by atomic mass is 10.1. The van der Waals surface area contributed by atoms with Crippen molar-refractivity contribution in [3.05, 3.63) is 89.5 Å². The molecule has 0 saturated heterocycles. The van der Waals surface area contributed by atoms with Crippen LogP contribution in [-0.4, -0.2) is 51.4 Å². The molecule has 3 rings (SSSR count). The summed E-state index contributed by atoms with van der Waals surface area (Å²) in [7, 11) is -2.55. The van der Waals surface area contributed by atoms with Gasteiger partial charge in [0, 0.05) is 13.1 Å². The molecular weight excluding hydrogens is 538 g/mol. The third kappa shape index (κ3) is 8.10. The molecule has 0 bridgehead atoms. The Hall–Kier alpha value is -3.85. The number of methoxy groups -OCH3 is 1. The number of carbonyl (C=O) groups is 2. The van der Waals surface area contributed by atoms with E-state index in [4.69, 9.17) is 4.74 Å². The number of amides is 2. The van der Waals surface area contributed by atoms with Crippen LogP contribution in [0.4, 0.5) is 5.69 Å². The van der Waals surface area contributed by atoms with Crippen LogP contribution in [0.3, 0.4) is 0 Å². The van der Waals surface area contributed by atoms with Crippen LogP contribution in [0, 0.1) is 19.8 Å². The number of hydrogen-bond acceptors (Lipinski definition) is 5. The van der Waals surface area contributed by atoms with Crippen molar-refractivity contribution in [2.45, 2.75) is 58.5 Å². The smallest absolute Gasteiger partial charge is 0.264 e. The van der Waals surface area contributed by atoms with Crippen molar-refractivity contribution in [2.75, 3.05) is 24.5 Å². The third-order valence-corrected chi connectivity index (χ3v) is 8.57. The minimum atomic E-state index is -4.11. The van der Waals surface area contributed by atoms with Crippen LogP contribution >= 0.6 is 0 Å². The summed E-state index contributed by atoms with van der Waals surface area (Å²) < 4.78 is 34.5. The number of carbonyl (C=O) groups excluding carboxylic acids is 2. The summed E-state index contributed by atoms with van der Waals surface area (Å²) in [6, 6.07) is 20.1. The van der Waals surface area contributed by atoms with Crippen LogP contribution in [0.1, 0.15) is 43.9 Å². The number of ether oxygens (including phenoxy) is 1. The fourth-order valence-electron chi connectivity index (χ4n) is 4.53. The van der Waals surface area contributed by atoms with Crippen LogP contribution in [0.15, 0.2) is 77.7 Å². The van der Waals surface area contributed by atoms with Gasteiger partial charge < -0.3 is 15.0 Å². The zero-order valence-electron chi connectivity index (χ0n) is 24.8. The maximum Gasteiger partial charge on any atom is 0.264 e. The van der Waals surface area contributed by atoms with E-state index in [2.05, 4.69) is 5.32 Å². The second-order valence-corrected chi connectivity index (χ2v) is 12.4. The number of hydrogen-bond donors (Lipinski definition) is 1. The third-order valence-electron chi connectivity index (χ3n) is 6.80. The van der Waals surface area contributed by atoms with Crippen molar-refractivity contribution in [3.8, 4) is 5.75 Å². The first-order valence-corrected chi connectivity index (χ1v) is 15.3. The van der Waals surface area contributed by atoms with Gasteiger partial charge in [0.05, 0.1) is 17.7 Å². The Labute approximate surface area is 244 Å². The van der Waals surface area contributed by atoms with Gasteiger partial charge in [-0.15, -0.1) is 0 Å². The van der Waals surface area contributed by atoms with Crippen LogP contribution < -0.4 is 14.4 Å². The van der Waals surface area contributed by atoms with Crippen molar-refractivity contribution in [1.82, 2.24) is 10.2 Å². The fraction of sp³-hybridized carbons (Fsp3) is 0.375. The van der Waals surface area contributed by atoms with Crippen LogP contribution in [0.25, 0.3) is 0 Å². The molecule has 8 nitrogen and oxygen atoms in total. The number of anilines is 1. The summed E-state index contributed by atoms with van der Waals surface area (Å²) in [4.78, 5) is 29.1. The second kappa shape index (κ2) is 14.2. The molecule has 3 aromatic carbocycles. The molecule has 0 heterocycles. The first kappa shape index (κ1) is 31.7. The number of aryl methyl sites for hydroxylation is 2. The lowest BCUT2D eigenvalue weighted by Gasteiger charge is -2.33. The Balaban J connectivity index is 2.09. The predicted octanol–water partition coefficient (Wildman–Crippen LogP) is 5.09. The van der Waals surface area contributed by atoms with Gasteiger partial charge in [0.1, 0.15) is 18.3 Å². The highest BCUT2D eigenvalue weighted by atomic mass is 32.2. The number of nitrogens with one attached hydrogen (secondary N) is 1. The van der Waals surface area contributed by atoms with Gasteiger partial charge in [0.2, 0.25) is 11.8 Å². The van der Waals surface area contributed by atoms with E-state index in [-0.39, 0.29) is 23.3 Å². The van der Waals surface area contributed by atoms with E-state index < -0.39 is 28.5 Å². The molecule has 1 N–H and O–H groups in total. The standard InChI is InChI=1S/C32H41N3O5S/c1-7-29(32(37)33-20-23(2)3)34(21-26-12-11-13-27(19-26)40-6)31(36)22-35(30-18-24(4)16-17-25(30)5)41(38,39)28-14-9-8-10-15-28/h8-19,23,29H,7,20-22H2,1-6H3,(H,33,37)/t29-/m1/s1. The molecule has 0 aliphatic carbocycles. The van der Waals surface area contributed by atoms with Crippen LogP contribution in [0.2, 0.25) is 0 Å². The molecule has 0 saturated carbocycles. The highest BCUT2D eigenvalue weighted by Gasteiger charge is 2.34. The molecule has 0 radical (unpaired) electrons. The number of sulfonamides is 1. The first-order valence-electron chi connectivity index (χ1n) is 13.8. The van der Waals surface area contributed by atoms with Crippen molar-refractivity contribution < 1.29 is 22.7 Å². The Bertz CT molecular complexity index is 1440. The van der Waals surface area contributed by atoms with Crippen molar-refractivity contribution in [1.29, 1.82) is 0 Å². The van der Waals surface area contributed by atoms with Gasteiger partial charge in [-0.25, -0.2) is 8.42 Å². The normalized spacial score (nSPS) is 12.1. The van der Waals surface area contributed by atoms with Gasteiger partial charge in [-0.1, -0.05) is 63.2 Å². The lowest BCUT2D eigenvalue weighted by Crippen LogP contribution is -2.52. The molecule has 41 heavy (non-hydrogen) atoms. The molecule has 9 heteroatoms. The second-order valence-electron chi connectivity index (χ2n) is 10.6. The highest BCUT2D eigenvalue weighted by Crippen LogP contribution is 2.29. The van der Waals surface area contributed by atoms with Crippen molar-refractivity contribution in [2.24, 2.45) is 5.92 Å². The first-order chi connectivity index (χ1) is 19.5. The summed E-state index contributed by atoms with van der Waals surface area (Å²) in [6.45, 7) is 9.62. The summed E-state index contributed by atoms with van der Waals surface area (Å²) in [5.41, 5.74) is 2.75. The lowest BCUT2D eigenvalue weighted by molar-refractivity contribution is -0.140. The van der Waals surface area contributed by atoms with E-state index in [0.29, 0.717) is 30.0 Å². The van der Waals surface area contributed by atoms with E-state index in [1.54, 1.807) is 37.4 Å². The zero-order valence-corrected chi connectivity index (χ0v) is 25.6. The van der Waals surface area contributed by atoms with E-state index in [0.717, 1.165) is 15.4 Å². The van der Waals surface area contributed by atoms with Gasteiger partial charge in [0.25, 0.3) is 10.0 Å². The molecule has 0 aliphatic heterocycles. The quantitative estimate of drug-likeness (QED) is 0.305. The molecule has 0 unspecified atom stereocenters. The molecule has 0 spiro atoms. The van der Waals surface area contributed by atoms with E-state index in [1.807, 2.05) is 65.0 Å². The Morgan fingerprint density at radius 2 is 1.66 bits per heavy atom. The molecule has 1 atom stereocenters. The number of benzene rings is 3. The van der Waals surface area contributed by atoms with Crippen LogP contribution in [-0.2, 0) is 26.2 Å². The predicted molar refractivity (Wildman–Crippen MR) is 162 cm³/mol. The molecular formula is C32H41N3O5S. The Morgan fingerprint density at radius 1 is 0.951 bits per heavy atom. The minimum absolute atomic E-state index is 0.0785. The van der Waals surface area contributed by atoms with E-state index in [9.17, 15) is 18.0 Å². The average molecular weight is 580 g/mol. The van der Waals surface area contributed by atoms with Crippen molar-refractivity contribution in [3.63, 3.8) is 0 Å². The molecule has 3 aromatic rings. The monoisotopic (exact) mass is 579 g/mol. The summed E-state index contributed by atoms with van der Waals surface area (Å²) in [5, 5.41) is 2.95. The summed E-state index contributed by atoms with van der Waals surface area (Å²) in [5.74, 6) is 0.0899. The minimum Gasteiger partial charge on any atom is -0.497 e. The van der Waals surface area contributed by atoms with Gasteiger partial charge in [-0.2, -0.15) is 0 Å². The number of nitrogens with zero attached hydrogens (tertiary/aromatic N) is 2. The molecule has 2 amide bonds. The van der Waals surface area contributed by atoms with Gasteiger partial charge in [-0.3, -0.25) is 13.9 Å². The summed E-state index contributed by atoms with van der Waals surface area (Å²) >= 11 is 0. The molecule has 220 valence electrons. The topological polar surface area (TPSA) is 96.0 Å². The fourth-order valence-corrected chi connectivity index (χ4v) is 6.02. The Kier molecular flexibility index (Phi) is 10.9. The largest absolute Gasteiger partial charge is 0.497 e. The van der Waals surface area contributed by atoms with Gasteiger partial charge in [0.15, 0.2) is 0 Å². The average Bonchev–Trinajstić information content (AvgIpc) is 2.96. The van der Waals surface area contributed by atoms with Crippen LogP contribution in [0.5, 0.6) is 5.75 Å². The molecule has 0 aromatic heterocycles. The maximum atomic E-state index is 14.2. The van der Waals surface area contributed by atoms with E-state index >= 15 is 0 Å². The Morgan fingerprint density at radius 3 is 2.29 bits per heavy atom.